The van der Waals surface area contributed by atoms with Crippen LogP contribution in [0.25, 0.3) is 0 Å². The molecule has 0 aromatic heterocycles. The van der Waals surface area contributed by atoms with Gasteiger partial charge in [-0.15, -0.1) is 0 Å². The maximum atomic E-state index is 11.6. The van der Waals surface area contributed by atoms with Gasteiger partial charge in [0.1, 0.15) is 6.04 Å². The van der Waals surface area contributed by atoms with Gasteiger partial charge in [0, 0.05) is 13.7 Å². The summed E-state index contributed by atoms with van der Waals surface area (Å²) in [6, 6.07) is -0.702. The highest BCUT2D eigenvalue weighted by Gasteiger charge is 2.39. The molecular formula is C11H21N3O3. The molecule has 0 spiro atoms. The summed E-state index contributed by atoms with van der Waals surface area (Å²) in [5, 5.41) is 2.69. The summed E-state index contributed by atoms with van der Waals surface area (Å²) in [6.45, 7) is 0.438. The predicted octanol–water partition coefficient (Wildman–Crippen LogP) is -0.878. The van der Waals surface area contributed by atoms with Crippen molar-refractivity contribution >= 4 is 11.8 Å². The minimum Gasteiger partial charge on any atom is -0.383 e. The first-order chi connectivity index (χ1) is 8.02. The minimum atomic E-state index is -0.702. The SMILES string of the molecule is COCC(N)C(=O)NCC1(C(N)=O)CCCC1. The summed E-state index contributed by atoms with van der Waals surface area (Å²) >= 11 is 0. The third kappa shape index (κ3) is 3.41. The molecule has 1 aliphatic carbocycles. The number of carbonyl (C=O) groups is 2. The van der Waals surface area contributed by atoms with Crippen LogP contribution in [0.2, 0.25) is 0 Å². The van der Waals surface area contributed by atoms with E-state index in [4.69, 9.17) is 16.2 Å². The molecule has 1 saturated carbocycles. The molecular weight excluding hydrogens is 222 g/mol. The van der Waals surface area contributed by atoms with Gasteiger partial charge in [-0.3, -0.25) is 9.59 Å². The Bertz CT molecular complexity index is 288. The molecule has 0 aliphatic heterocycles. The van der Waals surface area contributed by atoms with Crippen molar-refractivity contribution in [3.05, 3.63) is 0 Å². The molecule has 0 radical (unpaired) electrons. The number of nitrogens with two attached hydrogens (primary N) is 2. The van der Waals surface area contributed by atoms with Crippen molar-refractivity contribution in [3.8, 4) is 0 Å². The number of methoxy groups -OCH3 is 1. The van der Waals surface area contributed by atoms with Gasteiger partial charge in [0.2, 0.25) is 11.8 Å². The van der Waals surface area contributed by atoms with Gasteiger partial charge in [-0.1, -0.05) is 12.8 Å². The van der Waals surface area contributed by atoms with Gasteiger partial charge < -0.3 is 21.5 Å². The van der Waals surface area contributed by atoms with Gasteiger partial charge in [0.05, 0.1) is 12.0 Å². The van der Waals surface area contributed by atoms with E-state index in [-0.39, 0.29) is 25.0 Å². The van der Waals surface area contributed by atoms with E-state index in [1.807, 2.05) is 0 Å². The largest absolute Gasteiger partial charge is 0.383 e. The van der Waals surface area contributed by atoms with Crippen molar-refractivity contribution in [2.75, 3.05) is 20.3 Å². The van der Waals surface area contributed by atoms with Crippen LogP contribution in [-0.2, 0) is 14.3 Å². The first kappa shape index (κ1) is 13.9. The van der Waals surface area contributed by atoms with Crippen molar-refractivity contribution in [1.29, 1.82) is 0 Å². The van der Waals surface area contributed by atoms with Gasteiger partial charge in [-0.25, -0.2) is 0 Å². The molecule has 0 saturated heterocycles. The monoisotopic (exact) mass is 243 g/mol. The lowest BCUT2D eigenvalue weighted by Gasteiger charge is -2.26. The number of ether oxygens (including phenoxy) is 1. The van der Waals surface area contributed by atoms with Crippen LogP contribution >= 0.6 is 0 Å². The summed E-state index contributed by atoms with van der Waals surface area (Å²) in [5.41, 5.74) is 10.4. The molecule has 0 heterocycles. The molecule has 6 nitrogen and oxygen atoms in total. The Morgan fingerprint density at radius 3 is 2.47 bits per heavy atom. The van der Waals surface area contributed by atoms with E-state index < -0.39 is 11.5 Å². The Kier molecular flexibility index (Phi) is 4.89. The molecule has 0 aromatic rings. The van der Waals surface area contributed by atoms with Crippen LogP contribution in [0.1, 0.15) is 25.7 Å². The van der Waals surface area contributed by atoms with Crippen molar-refractivity contribution in [2.45, 2.75) is 31.7 Å². The average Bonchev–Trinajstić information content (AvgIpc) is 2.76. The highest BCUT2D eigenvalue weighted by atomic mass is 16.5. The molecule has 1 rings (SSSR count). The summed E-state index contributed by atoms with van der Waals surface area (Å²) in [7, 11) is 1.48. The predicted molar refractivity (Wildman–Crippen MR) is 63.0 cm³/mol. The minimum absolute atomic E-state index is 0.162. The average molecular weight is 243 g/mol. The first-order valence-corrected chi connectivity index (χ1v) is 5.84. The fraction of sp³-hybridized carbons (Fsp3) is 0.818. The van der Waals surface area contributed by atoms with Crippen LogP contribution in [0.3, 0.4) is 0 Å². The number of hydrogen-bond acceptors (Lipinski definition) is 4. The second-order valence-corrected chi connectivity index (χ2v) is 4.63. The lowest BCUT2D eigenvalue weighted by Crippen LogP contribution is -2.50. The normalized spacial score (nSPS) is 19.9. The lowest BCUT2D eigenvalue weighted by molar-refractivity contribution is -0.129. The zero-order chi connectivity index (χ0) is 12.9. The van der Waals surface area contributed by atoms with Crippen LogP contribution in [0.15, 0.2) is 0 Å². The molecule has 1 unspecified atom stereocenters. The Morgan fingerprint density at radius 1 is 1.41 bits per heavy atom. The molecule has 0 aromatic carbocycles. The van der Waals surface area contributed by atoms with Crippen molar-refractivity contribution in [3.63, 3.8) is 0 Å². The molecule has 6 heteroatoms. The van der Waals surface area contributed by atoms with E-state index in [1.54, 1.807) is 0 Å². The third-order valence-electron chi connectivity index (χ3n) is 3.37. The molecule has 17 heavy (non-hydrogen) atoms. The Balaban J connectivity index is 2.48. The van der Waals surface area contributed by atoms with E-state index in [9.17, 15) is 9.59 Å². The van der Waals surface area contributed by atoms with Crippen LogP contribution in [-0.4, -0.2) is 38.1 Å². The van der Waals surface area contributed by atoms with E-state index in [0.717, 1.165) is 25.7 Å². The zero-order valence-electron chi connectivity index (χ0n) is 10.2. The van der Waals surface area contributed by atoms with Crippen molar-refractivity contribution in [1.82, 2.24) is 5.32 Å². The van der Waals surface area contributed by atoms with E-state index in [2.05, 4.69) is 5.32 Å². The first-order valence-electron chi connectivity index (χ1n) is 5.84. The smallest absolute Gasteiger partial charge is 0.239 e. The highest BCUT2D eigenvalue weighted by Crippen LogP contribution is 2.37. The van der Waals surface area contributed by atoms with E-state index in [1.165, 1.54) is 7.11 Å². The summed E-state index contributed by atoms with van der Waals surface area (Å²) in [4.78, 5) is 23.0. The second kappa shape index (κ2) is 5.97. The zero-order valence-corrected chi connectivity index (χ0v) is 10.2. The molecule has 2 amide bonds. The fourth-order valence-corrected chi connectivity index (χ4v) is 2.20. The Morgan fingerprint density at radius 2 is 2.00 bits per heavy atom. The van der Waals surface area contributed by atoms with E-state index in [0.29, 0.717) is 0 Å². The van der Waals surface area contributed by atoms with Crippen LogP contribution < -0.4 is 16.8 Å². The second-order valence-electron chi connectivity index (χ2n) is 4.63. The van der Waals surface area contributed by atoms with Gasteiger partial charge in [-0.2, -0.15) is 0 Å². The number of carbonyl (C=O) groups excluding carboxylic acids is 2. The van der Waals surface area contributed by atoms with Gasteiger partial charge in [-0.05, 0) is 12.8 Å². The lowest BCUT2D eigenvalue weighted by atomic mass is 9.85. The maximum Gasteiger partial charge on any atom is 0.239 e. The molecule has 1 fully saturated rings. The Hall–Kier alpha value is -1.14. The summed E-state index contributed by atoms with van der Waals surface area (Å²) in [6.07, 6.45) is 3.43. The third-order valence-corrected chi connectivity index (χ3v) is 3.37. The molecule has 0 bridgehead atoms. The molecule has 1 atom stereocenters. The highest BCUT2D eigenvalue weighted by molar-refractivity contribution is 5.84. The number of hydrogen-bond donors (Lipinski definition) is 3. The molecule has 1 aliphatic rings. The number of rotatable bonds is 6. The number of primary amides is 1. The van der Waals surface area contributed by atoms with Crippen LogP contribution in [0.5, 0.6) is 0 Å². The van der Waals surface area contributed by atoms with Crippen LogP contribution in [0.4, 0.5) is 0 Å². The van der Waals surface area contributed by atoms with E-state index >= 15 is 0 Å². The number of amides is 2. The van der Waals surface area contributed by atoms with Gasteiger partial charge in [0.15, 0.2) is 0 Å². The Labute approximate surface area is 101 Å². The topological polar surface area (TPSA) is 107 Å². The maximum absolute atomic E-state index is 11.6. The van der Waals surface area contributed by atoms with Crippen molar-refractivity contribution in [2.24, 2.45) is 16.9 Å². The summed E-state index contributed by atoms with van der Waals surface area (Å²) < 4.78 is 4.79. The van der Waals surface area contributed by atoms with Crippen molar-refractivity contribution < 1.29 is 14.3 Å². The standard InChI is InChI=1S/C11H21N3O3/c1-17-6-8(12)9(15)14-7-11(10(13)16)4-2-3-5-11/h8H,2-7,12H2,1H3,(H2,13,16)(H,14,15). The van der Waals surface area contributed by atoms with Crippen LogP contribution in [0, 0.1) is 5.41 Å². The van der Waals surface area contributed by atoms with Gasteiger partial charge >= 0.3 is 0 Å². The van der Waals surface area contributed by atoms with Gasteiger partial charge in [0.25, 0.3) is 0 Å². The quantitative estimate of drug-likeness (QED) is 0.563. The fourth-order valence-electron chi connectivity index (χ4n) is 2.20. The molecule has 98 valence electrons. The number of nitrogens with one attached hydrogen (secondary N) is 1. The summed E-state index contributed by atoms with van der Waals surface area (Å²) in [5.74, 6) is -0.644. The molecule has 5 N–H and O–H groups in total.